The van der Waals surface area contributed by atoms with Crippen molar-refractivity contribution in [1.82, 2.24) is 0 Å². The fourth-order valence-electron chi connectivity index (χ4n) is 3.57. The summed E-state index contributed by atoms with van der Waals surface area (Å²) in [5, 5.41) is 0. The van der Waals surface area contributed by atoms with Gasteiger partial charge in [0.2, 0.25) is 0 Å². The van der Waals surface area contributed by atoms with Crippen molar-refractivity contribution >= 4 is 0 Å². The molecular formula is C20H21F3O. The number of rotatable bonds is 4. The van der Waals surface area contributed by atoms with Crippen molar-refractivity contribution < 1.29 is 17.9 Å². The molecule has 0 aromatic heterocycles. The molecule has 1 aliphatic rings. The number of hydrogen-bond acceptors (Lipinski definition) is 1. The summed E-state index contributed by atoms with van der Waals surface area (Å²) in [6.07, 6.45) is 4.59. The van der Waals surface area contributed by atoms with Crippen molar-refractivity contribution in [2.24, 2.45) is 5.92 Å². The van der Waals surface area contributed by atoms with Crippen LogP contribution in [0.3, 0.4) is 0 Å². The zero-order valence-electron chi connectivity index (χ0n) is 13.7. The van der Waals surface area contributed by atoms with Gasteiger partial charge in [-0.3, -0.25) is 0 Å². The molecule has 0 radical (unpaired) electrons. The van der Waals surface area contributed by atoms with E-state index in [4.69, 9.17) is 4.74 Å². The number of benzene rings is 2. The van der Waals surface area contributed by atoms with Crippen LogP contribution < -0.4 is 0 Å². The minimum atomic E-state index is -1.43. The molecule has 0 bridgehead atoms. The molecule has 2 aromatic carbocycles. The lowest BCUT2D eigenvalue weighted by atomic mass is 9.79. The van der Waals surface area contributed by atoms with Crippen LogP contribution in [-0.2, 0) is 4.74 Å². The number of methoxy groups -OCH3 is 1. The van der Waals surface area contributed by atoms with E-state index in [0.717, 1.165) is 44.4 Å². The van der Waals surface area contributed by atoms with Crippen LogP contribution in [0.2, 0.25) is 0 Å². The van der Waals surface area contributed by atoms with Crippen LogP contribution in [0.25, 0.3) is 11.1 Å². The Morgan fingerprint density at radius 2 is 1.46 bits per heavy atom. The van der Waals surface area contributed by atoms with Gasteiger partial charge in [-0.05, 0) is 66.3 Å². The minimum absolute atomic E-state index is 0.349. The molecule has 0 saturated heterocycles. The van der Waals surface area contributed by atoms with Crippen molar-refractivity contribution in [1.29, 1.82) is 0 Å². The summed E-state index contributed by atoms with van der Waals surface area (Å²) in [7, 11) is 1.74. The molecule has 0 atom stereocenters. The first-order valence-corrected chi connectivity index (χ1v) is 8.32. The quantitative estimate of drug-likeness (QED) is 0.653. The molecule has 0 amide bonds. The van der Waals surface area contributed by atoms with Crippen molar-refractivity contribution in [2.45, 2.75) is 31.6 Å². The molecule has 2 aromatic rings. The molecule has 0 unspecified atom stereocenters. The summed E-state index contributed by atoms with van der Waals surface area (Å²) in [6.45, 7) is 0.827. The number of ether oxygens (including phenoxy) is 1. The standard InChI is InChI=1S/C20H21F3O/c1-24-12-13-2-4-14(5-3-13)15-6-8-16(9-7-15)17-10-18(21)20(23)19(22)11-17/h6-11,13-14H,2-5,12H2,1H3/t13-,14-. The second-order valence-corrected chi connectivity index (χ2v) is 6.55. The van der Waals surface area contributed by atoms with Gasteiger partial charge in [0.05, 0.1) is 0 Å². The number of hydrogen-bond donors (Lipinski definition) is 0. The van der Waals surface area contributed by atoms with Gasteiger partial charge in [0.25, 0.3) is 0 Å². The van der Waals surface area contributed by atoms with Crippen LogP contribution in [0.4, 0.5) is 13.2 Å². The number of halogens is 3. The van der Waals surface area contributed by atoms with Gasteiger partial charge in [0.1, 0.15) is 0 Å². The Morgan fingerprint density at radius 1 is 0.875 bits per heavy atom. The van der Waals surface area contributed by atoms with Crippen molar-refractivity contribution in [2.75, 3.05) is 13.7 Å². The first-order chi connectivity index (χ1) is 11.6. The highest BCUT2D eigenvalue weighted by atomic mass is 19.2. The van der Waals surface area contributed by atoms with E-state index in [1.54, 1.807) is 7.11 Å². The molecule has 1 saturated carbocycles. The van der Waals surface area contributed by atoms with Crippen molar-refractivity contribution in [3.8, 4) is 11.1 Å². The Kier molecular flexibility index (Phi) is 5.24. The zero-order valence-corrected chi connectivity index (χ0v) is 13.7. The smallest absolute Gasteiger partial charge is 0.194 e. The van der Waals surface area contributed by atoms with Crippen LogP contribution in [-0.4, -0.2) is 13.7 Å². The summed E-state index contributed by atoms with van der Waals surface area (Å²) >= 11 is 0. The van der Waals surface area contributed by atoms with Gasteiger partial charge >= 0.3 is 0 Å². The molecule has 0 heterocycles. The molecular weight excluding hydrogens is 313 g/mol. The SMILES string of the molecule is COC[C@H]1CC[C@H](c2ccc(-c3cc(F)c(F)c(F)c3)cc2)CC1. The van der Waals surface area contributed by atoms with Crippen LogP contribution in [0.15, 0.2) is 36.4 Å². The Hall–Kier alpha value is -1.81. The van der Waals surface area contributed by atoms with E-state index in [0.29, 0.717) is 23.0 Å². The van der Waals surface area contributed by atoms with E-state index < -0.39 is 17.5 Å². The summed E-state index contributed by atoms with van der Waals surface area (Å²) < 4.78 is 45.0. The van der Waals surface area contributed by atoms with Crippen LogP contribution in [0.1, 0.15) is 37.2 Å². The molecule has 1 aliphatic carbocycles. The van der Waals surface area contributed by atoms with E-state index in [-0.39, 0.29) is 0 Å². The van der Waals surface area contributed by atoms with E-state index in [1.165, 1.54) is 5.56 Å². The van der Waals surface area contributed by atoms with Gasteiger partial charge in [0.15, 0.2) is 17.5 Å². The highest BCUT2D eigenvalue weighted by molar-refractivity contribution is 5.64. The van der Waals surface area contributed by atoms with Gasteiger partial charge in [-0.15, -0.1) is 0 Å². The average Bonchev–Trinajstić information content (AvgIpc) is 2.60. The Balaban J connectivity index is 1.72. The van der Waals surface area contributed by atoms with Gasteiger partial charge in [-0.1, -0.05) is 24.3 Å². The molecule has 0 aliphatic heterocycles. The molecule has 4 heteroatoms. The highest BCUT2D eigenvalue weighted by Gasteiger charge is 2.22. The normalized spacial score (nSPS) is 21.0. The lowest BCUT2D eigenvalue weighted by Crippen LogP contribution is -2.17. The first-order valence-electron chi connectivity index (χ1n) is 8.32. The van der Waals surface area contributed by atoms with E-state index in [1.807, 2.05) is 24.3 Å². The Bertz CT molecular complexity index is 666. The fraction of sp³-hybridized carbons (Fsp3) is 0.400. The van der Waals surface area contributed by atoms with Gasteiger partial charge in [-0.2, -0.15) is 0 Å². The van der Waals surface area contributed by atoms with Gasteiger partial charge in [0, 0.05) is 13.7 Å². The summed E-state index contributed by atoms with van der Waals surface area (Å²) in [5.41, 5.74) is 2.28. The van der Waals surface area contributed by atoms with Crippen LogP contribution in [0.5, 0.6) is 0 Å². The molecule has 1 nitrogen and oxygen atoms in total. The molecule has 0 N–H and O–H groups in total. The monoisotopic (exact) mass is 334 g/mol. The molecule has 1 fully saturated rings. The third kappa shape index (κ3) is 3.64. The third-order valence-corrected chi connectivity index (χ3v) is 4.95. The zero-order chi connectivity index (χ0) is 17.1. The van der Waals surface area contributed by atoms with Crippen molar-refractivity contribution in [3.63, 3.8) is 0 Å². The van der Waals surface area contributed by atoms with Gasteiger partial charge < -0.3 is 4.74 Å². The van der Waals surface area contributed by atoms with Crippen molar-refractivity contribution in [3.05, 3.63) is 59.4 Å². The molecule has 128 valence electrons. The van der Waals surface area contributed by atoms with E-state index in [2.05, 4.69) is 0 Å². The second kappa shape index (κ2) is 7.39. The highest BCUT2D eigenvalue weighted by Crippen LogP contribution is 2.36. The second-order valence-electron chi connectivity index (χ2n) is 6.55. The molecule has 24 heavy (non-hydrogen) atoms. The summed E-state index contributed by atoms with van der Waals surface area (Å²) in [5.74, 6) is -2.58. The van der Waals surface area contributed by atoms with Crippen LogP contribution in [0, 0.1) is 23.4 Å². The van der Waals surface area contributed by atoms with E-state index >= 15 is 0 Å². The maximum atomic E-state index is 13.4. The minimum Gasteiger partial charge on any atom is -0.384 e. The maximum Gasteiger partial charge on any atom is 0.194 e. The van der Waals surface area contributed by atoms with Gasteiger partial charge in [-0.25, -0.2) is 13.2 Å². The molecule has 3 rings (SSSR count). The Morgan fingerprint density at radius 3 is 2.00 bits per heavy atom. The lowest BCUT2D eigenvalue weighted by molar-refractivity contribution is 0.127. The predicted octanol–water partition coefficient (Wildman–Crippen LogP) is 5.69. The fourth-order valence-corrected chi connectivity index (χ4v) is 3.57. The van der Waals surface area contributed by atoms with Crippen LogP contribution >= 0.6 is 0 Å². The Labute approximate surface area is 140 Å². The van der Waals surface area contributed by atoms with E-state index in [9.17, 15) is 13.2 Å². The predicted molar refractivity (Wildman–Crippen MR) is 88.3 cm³/mol. The first kappa shape index (κ1) is 17.0. The maximum absolute atomic E-state index is 13.4. The summed E-state index contributed by atoms with van der Waals surface area (Å²) in [4.78, 5) is 0. The topological polar surface area (TPSA) is 9.23 Å². The lowest BCUT2D eigenvalue weighted by Gasteiger charge is -2.28. The largest absolute Gasteiger partial charge is 0.384 e. The third-order valence-electron chi connectivity index (χ3n) is 4.95. The molecule has 0 spiro atoms. The summed E-state index contributed by atoms with van der Waals surface area (Å²) in [6, 6.07) is 9.78. The average molecular weight is 334 g/mol.